The first-order valence-electron chi connectivity index (χ1n) is 8.46. The molecule has 2 rings (SSSR count). The van der Waals surface area contributed by atoms with Crippen molar-refractivity contribution in [2.75, 3.05) is 18.0 Å². The summed E-state index contributed by atoms with van der Waals surface area (Å²) >= 11 is 6.02. The Labute approximate surface area is 158 Å². The van der Waals surface area contributed by atoms with E-state index < -0.39 is 0 Å². The average Bonchev–Trinajstić information content (AvgIpc) is 2.59. The summed E-state index contributed by atoms with van der Waals surface area (Å²) in [5.41, 5.74) is 1.17. The number of benzene rings is 2. The van der Waals surface area contributed by atoms with Crippen LogP contribution in [0.25, 0.3) is 0 Å². The molecule has 0 unspecified atom stereocenters. The van der Waals surface area contributed by atoms with Crippen LogP contribution < -0.4 is 15.0 Å². The quantitative estimate of drug-likeness (QED) is 0.799. The van der Waals surface area contributed by atoms with Gasteiger partial charge in [-0.15, -0.1) is 0 Å². The molecule has 0 spiro atoms. The van der Waals surface area contributed by atoms with Crippen molar-refractivity contribution in [3.05, 3.63) is 59.1 Å². The molecule has 0 fully saturated rings. The summed E-state index contributed by atoms with van der Waals surface area (Å²) in [6.45, 7) is 6.08. The minimum Gasteiger partial charge on any atom is -0.491 e. The van der Waals surface area contributed by atoms with Gasteiger partial charge in [-0.2, -0.15) is 0 Å². The van der Waals surface area contributed by atoms with Gasteiger partial charge in [0.1, 0.15) is 5.75 Å². The second-order valence-corrected chi connectivity index (χ2v) is 6.47. The molecule has 1 N–H and O–H groups in total. The van der Waals surface area contributed by atoms with Crippen LogP contribution in [0.1, 0.15) is 31.1 Å². The first kappa shape index (κ1) is 19.8. The normalized spacial score (nSPS) is 10.5. The minimum absolute atomic E-state index is 0.0878. The molecule has 5 nitrogen and oxygen atoms in total. The van der Waals surface area contributed by atoms with Crippen LogP contribution >= 0.6 is 11.6 Å². The van der Waals surface area contributed by atoms with Gasteiger partial charge in [-0.05, 0) is 50.2 Å². The number of hydrogen-bond acceptors (Lipinski definition) is 3. The fourth-order valence-electron chi connectivity index (χ4n) is 2.47. The van der Waals surface area contributed by atoms with Crippen molar-refractivity contribution >= 4 is 29.1 Å². The number of ether oxygens (including phenoxy) is 1. The molecule has 0 aliphatic heterocycles. The maximum atomic E-state index is 12.2. The molecule has 26 heavy (non-hydrogen) atoms. The summed E-state index contributed by atoms with van der Waals surface area (Å²) in [6.07, 6.45) is 0.0878. The highest BCUT2D eigenvalue weighted by atomic mass is 35.5. The molecule has 0 heterocycles. The predicted octanol–water partition coefficient (Wildman–Crippen LogP) is 3.91. The number of halogens is 1. The first-order valence-corrected chi connectivity index (χ1v) is 8.84. The molecule has 2 aromatic carbocycles. The molecule has 0 saturated carbocycles. The molecule has 2 aromatic rings. The second-order valence-electron chi connectivity index (χ2n) is 6.07. The molecular formula is C20H23ClN2O3. The topological polar surface area (TPSA) is 58.6 Å². The summed E-state index contributed by atoms with van der Waals surface area (Å²) in [5, 5.41) is 3.19. The lowest BCUT2D eigenvalue weighted by atomic mass is 10.2. The largest absolute Gasteiger partial charge is 0.491 e. The lowest BCUT2D eigenvalue weighted by Gasteiger charge is -2.22. The van der Waals surface area contributed by atoms with Gasteiger partial charge in [-0.3, -0.25) is 9.59 Å². The SMILES string of the molecule is CC(=O)N(CCNC(=O)c1ccccc1Cl)c1ccc(OC(C)C)cc1. The van der Waals surface area contributed by atoms with Gasteiger partial charge >= 0.3 is 0 Å². The number of amides is 2. The number of carbonyl (C=O) groups excluding carboxylic acids is 2. The fourth-order valence-corrected chi connectivity index (χ4v) is 2.69. The number of nitrogens with one attached hydrogen (secondary N) is 1. The lowest BCUT2D eigenvalue weighted by Crippen LogP contribution is -2.37. The van der Waals surface area contributed by atoms with Crippen LogP contribution in [0.2, 0.25) is 5.02 Å². The smallest absolute Gasteiger partial charge is 0.252 e. The number of anilines is 1. The molecular weight excluding hydrogens is 352 g/mol. The highest BCUT2D eigenvalue weighted by molar-refractivity contribution is 6.33. The fraction of sp³-hybridized carbons (Fsp3) is 0.300. The van der Waals surface area contributed by atoms with Gasteiger partial charge in [0.15, 0.2) is 0 Å². The van der Waals surface area contributed by atoms with Crippen molar-refractivity contribution in [3.63, 3.8) is 0 Å². The Bertz CT molecular complexity index is 760. The zero-order valence-electron chi connectivity index (χ0n) is 15.2. The molecule has 0 aliphatic carbocycles. The van der Waals surface area contributed by atoms with E-state index >= 15 is 0 Å². The molecule has 6 heteroatoms. The summed E-state index contributed by atoms with van der Waals surface area (Å²) < 4.78 is 5.61. The van der Waals surface area contributed by atoms with Crippen LogP contribution in [0.5, 0.6) is 5.75 Å². The van der Waals surface area contributed by atoms with Crippen LogP contribution in [0, 0.1) is 0 Å². The van der Waals surface area contributed by atoms with Gasteiger partial charge in [-0.1, -0.05) is 23.7 Å². The Kier molecular flexibility index (Phi) is 7.04. The first-order chi connectivity index (χ1) is 12.4. The number of carbonyl (C=O) groups is 2. The van der Waals surface area contributed by atoms with Gasteiger partial charge in [0, 0.05) is 25.7 Å². The Morgan fingerprint density at radius 2 is 1.77 bits per heavy atom. The summed E-state index contributed by atoms with van der Waals surface area (Å²) in [7, 11) is 0. The molecule has 0 atom stereocenters. The maximum Gasteiger partial charge on any atom is 0.252 e. The number of nitrogens with zero attached hydrogens (tertiary/aromatic N) is 1. The van der Waals surface area contributed by atoms with E-state index in [0.29, 0.717) is 23.7 Å². The van der Waals surface area contributed by atoms with E-state index in [1.54, 1.807) is 29.2 Å². The third kappa shape index (κ3) is 5.49. The monoisotopic (exact) mass is 374 g/mol. The van der Waals surface area contributed by atoms with Crippen molar-refractivity contribution < 1.29 is 14.3 Å². The summed E-state index contributed by atoms with van der Waals surface area (Å²) in [6, 6.07) is 14.2. The highest BCUT2D eigenvalue weighted by Crippen LogP contribution is 2.20. The van der Waals surface area contributed by atoms with Gasteiger partial charge < -0.3 is 15.0 Å². The lowest BCUT2D eigenvalue weighted by molar-refractivity contribution is -0.116. The van der Waals surface area contributed by atoms with Gasteiger partial charge in [0.05, 0.1) is 16.7 Å². The van der Waals surface area contributed by atoms with Crippen LogP contribution in [0.4, 0.5) is 5.69 Å². The second kappa shape index (κ2) is 9.25. The number of hydrogen-bond donors (Lipinski definition) is 1. The van der Waals surface area contributed by atoms with Crippen molar-refractivity contribution in [1.29, 1.82) is 0 Å². The third-order valence-corrected chi connectivity index (χ3v) is 3.97. The molecule has 0 aromatic heterocycles. The zero-order chi connectivity index (χ0) is 19.1. The Morgan fingerprint density at radius 1 is 1.12 bits per heavy atom. The predicted molar refractivity (Wildman–Crippen MR) is 104 cm³/mol. The minimum atomic E-state index is -0.264. The van der Waals surface area contributed by atoms with Crippen molar-refractivity contribution in [2.45, 2.75) is 26.9 Å². The van der Waals surface area contributed by atoms with Crippen molar-refractivity contribution in [1.82, 2.24) is 5.32 Å². The van der Waals surface area contributed by atoms with E-state index in [0.717, 1.165) is 11.4 Å². The summed E-state index contributed by atoms with van der Waals surface area (Å²) in [4.78, 5) is 25.8. The van der Waals surface area contributed by atoms with Gasteiger partial charge in [0.2, 0.25) is 5.91 Å². The molecule has 0 aliphatic rings. The zero-order valence-corrected chi connectivity index (χ0v) is 15.9. The van der Waals surface area contributed by atoms with E-state index in [1.165, 1.54) is 6.92 Å². The van der Waals surface area contributed by atoms with E-state index in [4.69, 9.17) is 16.3 Å². The van der Waals surface area contributed by atoms with Crippen molar-refractivity contribution in [3.8, 4) is 5.75 Å². The number of rotatable bonds is 7. The Balaban J connectivity index is 1.97. The Morgan fingerprint density at radius 3 is 2.35 bits per heavy atom. The molecule has 0 radical (unpaired) electrons. The van der Waals surface area contributed by atoms with Crippen LogP contribution in [-0.4, -0.2) is 31.0 Å². The van der Waals surface area contributed by atoms with Crippen LogP contribution in [-0.2, 0) is 4.79 Å². The van der Waals surface area contributed by atoms with E-state index in [2.05, 4.69) is 5.32 Å². The van der Waals surface area contributed by atoms with E-state index in [-0.39, 0.29) is 17.9 Å². The van der Waals surface area contributed by atoms with E-state index in [1.807, 2.05) is 38.1 Å². The summed E-state index contributed by atoms with van der Waals surface area (Å²) in [5.74, 6) is 0.383. The Hall–Kier alpha value is -2.53. The maximum absolute atomic E-state index is 12.2. The van der Waals surface area contributed by atoms with Gasteiger partial charge in [-0.25, -0.2) is 0 Å². The van der Waals surface area contributed by atoms with Crippen molar-refractivity contribution in [2.24, 2.45) is 0 Å². The molecule has 2 amide bonds. The standard InChI is InChI=1S/C20H23ClN2O3/c1-14(2)26-17-10-8-16(9-11-17)23(15(3)24)13-12-22-20(25)18-6-4-5-7-19(18)21/h4-11,14H,12-13H2,1-3H3,(H,22,25). The molecule has 138 valence electrons. The van der Waals surface area contributed by atoms with Crippen LogP contribution in [0.3, 0.4) is 0 Å². The molecule has 0 bridgehead atoms. The highest BCUT2D eigenvalue weighted by Gasteiger charge is 2.13. The van der Waals surface area contributed by atoms with Crippen LogP contribution in [0.15, 0.2) is 48.5 Å². The van der Waals surface area contributed by atoms with E-state index in [9.17, 15) is 9.59 Å². The average molecular weight is 375 g/mol. The third-order valence-electron chi connectivity index (χ3n) is 3.64. The molecule has 0 saturated heterocycles. The van der Waals surface area contributed by atoms with Gasteiger partial charge in [0.25, 0.3) is 5.91 Å².